The van der Waals surface area contributed by atoms with E-state index in [0.29, 0.717) is 46.8 Å². The van der Waals surface area contributed by atoms with Crippen LogP contribution in [0.4, 0.5) is 4.39 Å². The molecule has 1 aromatic heterocycles. The van der Waals surface area contributed by atoms with E-state index in [9.17, 15) is 19.1 Å². The number of carboxylic acid groups (broad SMARTS) is 1. The van der Waals surface area contributed by atoms with Crippen LogP contribution in [-0.2, 0) is 14.3 Å². The second-order valence-corrected chi connectivity index (χ2v) is 14.3. The molecular weight excluding hydrogens is 617 g/mol. The number of carbonyl (C=O) groups excluding carboxylic acids is 1. The number of carbonyl (C=O) groups is 2. The molecule has 2 fully saturated rings. The number of amidine groups is 1. The van der Waals surface area contributed by atoms with Gasteiger partial charge in [0.05, 0.1) is 24.3 Å². The summed E-state index contributed by atoms with van der Waals surface area (Å²) >= 11 is 7.96. The number of benzene rings is 1. The Balaban J connectivity index is 1.34. The Bertz CT molecular complexity index is 1450. The summed E-state index contributed by atoms with van der Waals surface area (Å²) in [5.41, 5.74) is 0.946. The summed E-state index contributed by atoms with van der Waals surface area (Å²) in [6, 6.07) is 3.87. The fraction of sp³-hybridized carbons (Fsp3) is 0.576. The SMILES string of the molecule is COC(=O)C1=C(CC2CCCC3CN(CCCC(C)(C)C(=O)O)C(C)N3CC2)NC(c2nccs2)=NC1c1ccc(F)cc1Cl. The van der Waals surface area contributed by atoms with Crippen LogP contribution in [0.25, 0.3) is 0 Å². The van der Waals surface area contributed by atoms with Crippen LogP contribution in [-0.4, -0.2) is 76.6 Å². The zero-order valence-electron chi connectivity index (χ0n) is 26.4. The minimum Gasteiger partial charge on any atom is -0.481 e. The van der Waals surface area contributed by atoms with Gasteiger partial charge in [0.25, 0.3) is 0 Å². The predicted octanol–water partition coefficient (Wildman–Crippen LogP) is 6.26. The number of fused-ring (bicyclic) bond motifs is 1. The number of methoxy groups -OCH3 is 1. The van der Waals surface area contributed by atoms with Crippen LogP contribution in [0.5, 0.6) is 0 Å². The fourth-order valence-electron chi connectivity index (χ4n) is 6.89. The molecule has 0 spiro atoms. The first kappa shape index (κ1) is 33.5. The number of rotatable bonds is 10. The molecule has 0 aliphatic carbocycles. The Hall–Kier alpha value is -2.86. The van der Waals surface area contributed by atoms with E-state index in [-0.39, 0.29) is 11.2 Å². The van der Waals surface area contributed by atoms with Gasteiger partial charge in [0, 0.05) is 47.0 Å². The predicted molar refractivity (Wildman–Crippen MR) is 174 cm³/mol. The molecule has 1 aromatic carbocycles. The van der Waals surface area contributed by atoms with Crippen LogP contribution in [0.3, 0.4) is 0 Å². The molecule has 2 N–H and O–H groups in total. The topological polar surface area (TPSA) is 107 Å². The van der Waals surface area contributed by atoms with Crippen molar-refractivity contribution < 1.29 is 23.8 Å². The molecule has 3 aliphatic rings. The van der Waals surface area contributed by atoms with E-state index < -0.39 is 29.2 Å². The third kappa shape index (κ3) is 7.59. The van der Waals surface area contributed by atoms with Gasteiger partial charge in [0.15, 0.2) is 10.8 Å². The van der Waals surface area contributed by atoms with Crippen molar-refractivity contribution in [3.63, 3.8) is 0 Å². The van der Waals surface area contributed by atoms with Gasteiger partial charge in [-0.15, -0.1) is 11.3 Å². The number of ether oxygens (including phenoxy) is 1. The number of aliphatic carboxylic acids is 1. The third-order valence-electron chi connectivity index (χ3n) is 9.61. The number of hydrogen-bond acceptors (Lipinski definition) is 9. The number of carboxylic acids is 1. The Morgan fingerprint density at radius 3 is 2.76 bits per heavy atom. The molecule has 9 nitrogen and oxygen atoms in total. The standard InChI is InChI=1S/C33H43ClFN5O4S/c1-20-39(14-6-12-33(2,3)32(42)43)19-23-8-5-7-21(11-15-40(20)23)17-26-27(31(41)44-4)28(24-10-9-22(35)18-25(24)34)38-29(37-26)30-36-13-16-45-30/h9-10,13,16,18,20-21,23,28H,5-8,11-12,14-15,17,19H2,1-4H3,(H,37,38)(H,42,43). The first-order chi connectivity index (χ1) is 21.5. The van der Waals surface area contributed by atoms with E-state index in [1.54, 1.807) is 26.1 Å². The van der Waals surface area contributed by atoms with E-state index in [0.717, 1.165) is 57.4 Å². The summed E-state index contributed by atoms with van der Waals surface area (Å²) in [4.78, 5) is 39.3. The van der Waals surface area contributed by atoms with E-state index in [1.165, 1.54) is 30.6 Å². The number of hydrogen-bond donors (Lipinski definition) is 2. The molecular formula is C33H43ClFN5O4S. The number of allylic oxidation sites excluding steroid dienone is 1. The molecule has 5 rings (SSSR count). The smallest absolute Gasteiger partial charge is 0.338 e. The molecule has 4 heterocycles. The molecule has 45 heavy (non-hydrogen) atoms. The van der Waals surface area contributed by atoms with E-state index in [1.807, 2.05) is 5.38 Å². The van der Waals surface area contributed by atoms with Crippen LogP contribution < -0.4 is 5.32 Å². The highest BCUT2D eigenvalue weighted by Crippen LogP contribution is 2.39. The largest absolute Gasteiger partial charge is 0.481 e. The lowest BCUT2D eigenvalue weighted by Gasteiger charge is -2.34. The van der Waals surface area contributed by atoms with Crippen LogP contribution in [0, 0.1) is 17.2 Å². The van der Waals surface area contributed by atoms with Crippen molar-refractivity contribution in [2.24, 2.45) is 16.3 Å². The number of aliphatic imine (C=N–C) groups is 1. The molecule has 244 valence electrons. The molecule has 3 aliphatic heterocycles. The Labute approximate surface area is 273 Å². The summed E-state index contributed by atoms with van der Waals surface area (Å²) in [5, 5.41) is 15.7. The maximum Gasteiger partial charge on any atom is 0.338 e. The van der Waals surface area contributed by atoms with Crippen molar-refractivity contribution in [3.8, 4) is 0 Å². The van der Waals surface area contributed by atoms with Gasteiger partial charge in [-0.2, -0.15) is 0 Å². The van der Waals surface area contributed by atoms with Gasteiger partial charge in [0.2, 0.25) is 0 Å². The first-order valence-corrected chi connectivity index (χ1v) is 17.0. The second kappa shape index (κ2) is 14.3. The number of halogens is 2. The zero-order valence-corrected chi connectivity index (χ0v) is 28.0. The lowest BCUT2D eigenvalue weighted by atomic mass is 9.86. The minimum atomic E-state index is -0.767. The molecule has 0 saturated carbocycles. The number of nitrogens with zero attached hydrogens (tertiary/aromatic N) is 4. The van der Waals surface area contributed by atoms with Gasteiger partial charge in [-0.3, -0.25) is 19.6 Å². The van der Waals surface area contributed by atoms with E-state index >= 15 is 0 Å². The highest BCUT2D eigenvalue weighted by Gasteiger charge is 2.39. The summed E-state index contributed by atoms with van der Waals surface area (Å²) < 4.78 is 19.3. The maximum absolute atomic E-state index is 14.0. The average molecular weight is 660 g/mol. The van der Waals surface area contributed by atoms with Crippen molar-refractivity contribution in [2.75, 3.05) is 26.7 Å². The number of thiazole rings is 1. The molecule has 0 bridgehead atoms. The molecule has 4 atom stereocenters. The molecule has 0 amide bonds. The number of aromatic nitrogens is 1. The molecule has 2 saturated heterocycles. The quantitative estimate of drug-likeness (QED) is 0.288. The third-order valence-corrected chi connectivity index (χ3v) is 10.7. The van der Waals surface area contributed by atoms with Gasteiger partial charge in [0.1, 0.15) is 11.9 Å². The first-order valence-electron chi connectivity index (χ1n) is 15.7. The van der Waals surface area contributed by atoms with Gasteiger partial charge in [-0.25, -0.2) is 14.2 Å². The minimum absolute atomic E-state index is 0.195. The van der Waals surface area contributed by atoms with E-state index in [2.05, 4.69) is 27.0 Å². The lowest BCUT2D eigenvalue weighted by Crippen LogP contribution is -2.41. The highest BCUT2D eigenvalue weighted by atomic mass is 35.5. The Kier molecular flexibility index (Phi) is 10.6. The molecule has 0 radical (unpaired) electrons. The highest BCUT2D eigenvalue weighted by molar-refractivity contribution is 7.11. The Morgan fingerprint density at radius 1 is 1.27 bits per heavy atom. The van der Waals surface area contributed by atoms with Crippen LogP contribution in [0.1, 0.15) is 82.3 Å². The summed E-state index contributed by atoms with van der Waals surface area (Å²) in [5.74, 6) is -0.837. The average Bonchev–Trinajstić information content (AvgIpc) is 3.62. The van der Waals surface area contributed by atoms with Crippen LogP contribution in [0.15, 0.2) is 46.0 Å². The lowest BCUT2D eigenvalue weighted by molar-refractivity contribution is -0.147. The van der Waals surface area contributed by atoms with Gasteiger partial charge in [-0.1, -0.05) is 24.1 Å². The van der Waals surface area contributed by atoms with Crippen molar-refractivity contribution in [1.29, 1.82) is 0 Å². The van der Waals surface area contributed by atoms with Crippen molar-refractivity contribution in [3.05, 3.63) is 62.5 Å². The summed E-state index contributed by atoms with van der Waals surface area (Å²) in [6.45, 7) is 8.68. The fourth-order valence-corrected chi connectivity index (χ4v) is 7.75. The molecule has 12 heteroatoms. The summed E-state index contributed by atoms with van der Waals surface area (Å²) in [7, 11) is 1.36. The second-order valence-electron chi connectivity index (χ2n) is 13.0. The van der Waals surface area contributed by atoms with Crippen molar-refractivity contribution in [2.45, 2.75) is 84.0 Å². The number of nitrogens with one attached hydrogen (secondary N) is 1. The summed E-state index contributed by atoms with van der Waals surface area (Å²) in [6.07, 6.45) is 8.28. The monoisotopic (exact) mass is 659 g/mol. The van der Waals surface area contributed by atoms with Crippen LogP contribution >= 0.6 is 22.9 Å². The van der Waals surface area contributed by atoms with E-state index in [4.69, 9.17) is 21.3 Å². The van der Waals surface area contributed by atoms with Crippen LogP contribution in [0.2, 0.25) is 5.02 Å². The van der Waals surface area contributed by atoms with Gasteiger partial charge >= 0.3 is 11.9 Å². The molecule has 4 unspecified atom stereocenters. The maximum atomic E-state index is 14.0. The Morgan fingerprint density at radius 2 is 2.07 bits per heavy atom. The normalized spacial score (nSPS) is 24.8. The zero-order chi connectivity index (χ0) is 32.3. The number of esters is 1. The molecule has 2 aromatic rings. The van der Waals surface area contributed by atoms with Gasteiger partial charge in [-0.05, 0) is 83.9 Å². The van der Waals surface area contributed by atoms with Crippen molar-refractivity contribution >= 4 is 40.7 Å². The van der Waals surface area contributed by atoms with Crippen molar-refractivity contribution in [1.82, 2.24) is 20.1 Å². The van der Waals surface area contributed by atoms with Gasteiger partial charge < -0.3 is 15.2 Å².